The Hall–Kier alpha value is -1.42. The first-order chi connectivity index (χ1) is 11.3. The Morgan fingerprint density at radius 3 is 2.79 bits per heavy atom. The van der Waals surface area contributed by atoms with Crippen LogP contribution in [0, 0.1) is 5.92 Å². The second kappa shape index (κ2) is 7.64. The van der Waals surface area contributed by atoms with E-state index < -0.39 is 0 Å². The van der Waals surface area contributed by atoms with E-state index in [1.807, 2.05) is 0 Å². The van der Waals surface area contributed by atoms with E-state index in [0.29, 0.717) is 18.5 Å². The molecule has 24 heavy (non-hydrogen) atoms. The molecule has 2 unspecified atom stereocenters. The van der Waals surface area contributed by atoms with E-state index in [-0.39, 0.29) is 12.4 Å². The van der Waals surface area contributed by atoms with Crippen molar-refractivity contribution in [1.29, 1.82) is 0 Å². The molecule has 1 N–H and O–H groups in total. The van der Waals surface area contributed by atoms with Crippen LogP contribution < -0.4 is 10.2 Å². The quantitative estimate of drug-likeness (QED) is 0.887. The standard InChI is InChI=1S/C19H27N3O.ClH/c23-19(22-12-5-7-15-6-1-3-9-17(15)22)14-21-13-11-20-16-8-2-4-10-18(16)21;/h2,4,8,10,15,17,20H,1,3,5-7,9,11-14H2;1H. The second-order valence-corrected chi connectivity index (χ2v) is 7.21. The van der Waals surface area contributed by atoms with Gasteiger partial charge in [0.25, 0.3) is 0 Å². The second-order valence-electron chi connectivity index (χ2n) is 7.21. The summed E-state index contributed by atoms with van der Waals surface area (Å²) >= 11 is 0. The number of hydrogen-bond donors (Lipinski definition) is 1. The summed E-state index contributed by atoms with van der Waals surface area (Å²) in [4.78, 5) is 17.5. The zero-order valence-electron chi connectivity index (χ0n) is 14.2. The molecule has 0 spiro atoms. The Labute approximate surface area is 151 Å². The number of para-hydroxylation sites is 2. The molecule has 4 rings (SSSR count). The molecule has 132 valence electrons. The molecular formula is C19H28ClN3O. The van der Waals surface area contributed by atoms with Crippen molar-refractivity contribution in [3.63, 3.8) is 0 Å². The molecular weight excluding hydrogens is 322 g/mol. The first-order valence-electron chi connectivity index (χ1n) is 9.20. The maximum Gasteiger partial charge on any atom is 0.242 e. The molecule has 0 radical (unpaired) electrons. The van der Waals surface area contributed by atoms with Crippen LogP contribution in [0.5, 0.6) is 0 Å². The summed E-state index contributed by atoms with van der Waals surface area (Å²) in [6.45, 7) is 3.32. The number of benzene rings is 1. The third-order valence-corrected chi connectivity index (χ3v) is 5.83. The van der Waals surface area contributed by atoms with Crippen molar-refractivity contribution in [3.05, 3.63) is 24.3 Å². The number of nitrogens with one attached hydrogen (secondary N) is 1. The molecule has 4 nitrogen and oxygen atoms in total. The van der Waals surface area contributed by atoms with Gasteiger partial charge in [0.2, 0.25) is 5.91 Å². The van der Waals surface area contributed by atoms with Gasteiger partial charge in [-0.2, -0.15) is 0 Å². The fraction of sp³-hybridized carbons (Fsp3) is 0.632. The van der Waals surface area contributed by atoms with Crippen LogP contribution >= 0.6 is 12.4 Å². The van der Waals surface area contributed by atoms with E-state index in [1.54, 1.807) is 0 Å². The summed E-state index contributed by atoms with van der Waals surface area (Å²) in [6, 6.07) is 8.84. The number of amides is 1. The number of piperidine rings is 1. The van der Waals surface area contributed by atoms with Gasteiger partial charge in [-0.3, -0.25) is 4.79 Å². The minimum Gasteiger partial charge on any atom is -0.382 e. The lowest BCUT2D eigenvalue weighted by Crippen LogP contribution is -2.53. The van der Waals surface area contributed by atoms with Crippen LogP contribution in [0.15, 0.2) is 24.3 Å². The summed E-state index contributed by atoms with van der Waals surface area (Å²) < 4.78 is 0. The lowest BCUT2D eigenvalue weighted by molar-refractivity contribution is -0.136. The van der Waals surface area contributed by atoms with Gasteiger partial charge in [-0.1, -0.05) is 25.0 Å². The number of nitrogens with zero attached hydrogens (tertiary/aromatic N) is 2. The van der Waals surface area contributed by atoms with Crippen LogP contribution in [0.25, 0.3) is 0 Å². The molecule has 1 saturated heterocycles. The molecule has 1 saturated carbocycles. The van der Waals surface area contributed by atoms with E-state index in [1.165, 1.54) is 44.2 Å². The van der Waals surface area contributed by atoms with Crippen LogP contribution in [0.1, 0.15) is 38.5 Å². The number of halogens is 1. The largest absolute Gasteiger partial charge is 0.382 e. The lowest BCUT2D eigenvalue weighted by atomic mass is 9.78. The van der Waals surface area contributed by atoms with Crippen molar-refractivity contribution in [2.45, 2.75) is 44.6 Å². The van der Waals surface area contributed by atoms with Crippen LogP contribution in [0.3, 0.4) is 0 Å². The van der Waals surface area contributed by atoms with Crippen LogP contribution in [-0.4, -0.2) is 43.0 Å². The van der Waals surface area contributed by atoms with Crippen LogP contribution in [-0.2, 0) is 4.79 Å². The van der Waals surface area contributed by atoms with E-state index in [9.17, 15) is 4.79 Å². The Morgan fingerprint density at radius 2 is 1.88 bits per heavy atom. The number of anilines is 2. The Morgan fingerprint density at radius 1 is 1.08 bits per heavy atom. The maximum absolute atomic E-state index is 13.0. The van der Waals surface area contributed by atoms with Crippen molar-refractivity contribution >= 4 is 29.7 Å². The van der Waals surface area contributed by atoms with Crippen molar-refractivity contribution in [3.8, 4) is 0 Å². The molecule has 5 heteroatoms. The Bertz CT molecular complexity index is 577. The number of rotatable bonds is 2. The Balaban J connectivity index is 0.00000169. The monoisotopic (exact) mass is 349 g/mol. The summed E-state index contributed by atoms with van der Waals surface area (Å²) in [6.07, 6.45) is 7.70. The molecule has 1 aromatic rings. The fourth-order valence-electron chi connectivity index (χ4n) is 4.70. The zero-order valence-corrected chi connectivity index (χ0v) is 15.1. The Kier molecular flexibility index (Phi) is 5.54. The van der Waals surface area contributed by atoms with E-state index in [2.05, 4.69) is 39.4 Å². The topological polar surface area (TPSA) is 35.6 Å². The van der Waals surface area contributed by atoms with Crippen molar-refractivity contribution in [2.24, 2.45) is 5.92 Å². The van der Waals surface area contributed by atoms with Crippen molar-refractivity contribution < 1.29 is 4.79 Å². The van der Waals surface area contributed by atoms with Gasteiger partial charge in [-0.25, -0.2) is 0 Å². The summed E-state index contributed by atoms with van der Waals surface area (Å²) in [5, 5.41) is 3.42. The molecule has 2 heterocycles. The highest BCUT2D eigenvalue weighted by atomic mass is 35.5. The third kappa shape index (κ3) is 3.34. The van der Waals surface area contributed by atoms with Gasteiger partial charge >= 0.3 is 0 Å². The first-order valence-corrected chi connectivity index (χ1v) is 9.20. The SMILES string of the molecule is Cl.O=C(CN1CCNc2ccccc21)N1CCCC2CCCCC21. The number of carbonyl (C=O) groups excluding carboxylic acids is 1. The first kappa shape index (κ1) is 17.4. The fourth-order valence-corrected chi connectivity index (χ4v) is 4.70. The zero-order chi connectivity index (χ0) is 15.6. The molecule has 1 aromatic carbocycles. The predicted octanol–water partition coefficient (Wildman–Crippen LogP) is 3.52. The highest BCUT2D eigenvalue weighted by molar-refractivity contribution is 5.85. The van der Waals surface area contributed by atoms with E-state index in [0.717, 1.165) is 31.2 Å². The number of likely N-dealkylation sites (tertiary alicyclic amines) is 1. The molecule has 1 aliphatic carbocycles. The van der Waals surface area contributed by atoms with Gasteiger partial charge in [0, 0.05) is 25.7 Å². The molecule has 1 amide bonds. The summed E-state index contributed by atoms with van der Waals surface area (Å²) in [7, 11) is 0. The lowest BCUT2D eigenvalue weighted by Gasteiger charge is -2.45. The normalized spacial score (nSPS) is 25.8. The van der Waals surface area contributed by atoms with Crippen molar-refractivity contribution in [2.75, 3.05) is 36.4 Å². The van der Waals surface area contributed by atoms with Gasteiger partial charge in [0.1, 0.15) is 0 Å². The minimum atomic E-state index is 0. The summed E-state index contributed by atoms with van der Waals surface area (Å²) in [5.41, 5.74) is 2.32. The van der Waals surface area contributed by atoms with E-state index >= 15 is 0 Å². The predicted molar refractivity (Wildman–Crippen MR) is 101 cm³/mol. The van der Waals surface area contributed by atoms with Crippen LogP contribution in [0.2, 0.25) is 0 Å². The average Bonchev–Trinajstić information content (AvgIpc) is 2.61. The summed E-state index contributed by atoms with van der Waals surface area (Å²) in [5.74, 6) is 1.09. The van der Waals surface area contributed by atoms with Gasteiger partial charge in [0.05, 0.1) is 17.9 Å². The molecule has 2 atom stereocenters. The number of fused-ring (bicyclic) bond motifs is 2. The number of hydrogen-bond acceptors (Lipinski definition) is 3. The van der Waals surface area contributed by atoms with Gasteiger partial charge < -0.3 is 15.1 Å². The third-order valence-electron chi connectivity index (χ3n) is 5.83. The van der Waals surface area contributed by atoms with E-state index in [4.69, 9.17) is 0 Å². The molecule has 2 aliphatic heterocycles. The van der Waals surface area contributed by atoms with Gasteiger partial charge in [-0.05, 0) is 43.7 Å². The highest BCUT2D eigenvalue weighted by Crippen LogP contribution is 2.35. The number of carbonyl (C=O) groups is 1. The van der Waals surface area contributed by atoms with Crippen molar-refractivity contribution in [1.82, 2.24) is 4.90 Å². The van der Waals surface area contributed by atoms with Gasteiger partial charge in [0.15, 0.2) is 0 Å². The molecule has 0 aromatic heterocycles. The average molecular weight is 350 g/mol. The highest BCUT2D eigenvalue weighted by Gasteiger charge is 2.36. The molecule has 0 bridgehead atoms. The molecule has 3 aliphatic rings. The van der Waals surface area contributed by atoms with Gasteiger partial charge in [-0.15, -0.1) is 12.4 Å². The molecule has 2 fully saturated rings. The minimum absolute atomic E-state index is 0. The maximum atomic E-state index is 13.0. The van der Waals surface area contributed by atoms with Crippen LogP contribution in [0.4, 0.5) is 11.4 Å². The smallest absolute Gasteiger partial charge is 0.242 e.